The molecular weight excluding hydrogens is 316 g/mol. The number of hydrogen-bond donors (Lipinski definition) is 2. The minimum absolute atomic E-state index is 0.0232. The molecule has 0 aromatic heterocycles. The fraction of sp³-hybridized carbons (Fsp3) is 0.400. The molecule has 5 heteroatoms. The summed E-state index contributed by atoms with van der Waals surface area (Å²) in [5.41, 5.74) is 10.2. The van der Waals surface area contributed by atoms with Crippen LogP contribution in [-0.2, 0) is 6.42 Å². The summed E-state index contributed by atoms with van der Waals surface area (Å²) in [6.45, 7) is 1.20. The van der Waals surface area contributed by atoms with Crippen LogP contribution in [0.15, 0.2) is 42.5 Å². The van der Waals surface area contributed by atoms with E-state index in [1.807, 2.05) is 36.4 Å². The molecule has 2 aliphatic heterocycles. The Hall–Kier alpha value is -2.08. The van der Waals surface area contributed by atoms with Gasteiger partial charge in [0.2, 0.25) is 6.79 Å². The monoisotopic (exact) mass is 340 g/mol. The maximum Gasteiger partial charge on any atom is 0.231 e. The standard InChI is InChI=1S/C20H24N2O3/c1-22-10-9-15-14(7-8-17-20(15)25-12-24-17)19(22)18(21)16(11-23)13-5-3-2-4-6-13/h2-8,16,18-19,23H,9-12,21H2,1H3/t16?,18-,19?/m0/s1. The second kappa shape index (κ2) is 6.67. The topological polar surface area (TPSA) is 68.0 Å². The van der Waals surface area contributed by atoms with Gasteiger partial charge in [-0.15, -0.1) is 0 Å². The van der Waals surface area contributed by atoms with Gasteiger partial charge in [0.05, 0.1) is 12.6 Å². The minimum atomic E-state index is -0.225. The van der Waals surface area contributed by atoms with Gasteiger partial charge in [-0.3, -0.25) is 4.90 Å². The molecule has 4 rings (SSSR count). The van der Waals surface area contributed by atoms with Gasteiger partial charge in [0.25, 0.3) is 0 Å². The lowest BCUT2D eigenvalue weighted by molar-refractivity contribution is 0.154. The number of likely N-dealkylation sites (N-methyl/N-ethyl adjacent to an activating group) is 1. The summed E-state index contributed by atoms with van der Waals surface area (Å²) in [6.07, 6.45) is 0.913. The number of nitrogens with two attached hydrogens (primary N) is 1. The zero-order chi connectivity index (χ0) is 17.4. The van der Waals surface area contributed by atoms with Crippen LogP contribution in [0, 0.1) is 0 Å². The highest BCUT2D eigenvalue weighted by Crippen LogP contribution is 2.44. The fourth-order valence-electron chi connectivity index (χ4n) is 4.12. The molecule has 25 heavy (non-hydrogen) atoms. The molecule has 0 spiro atoms. The van der Waals surface area contributed by atoms with Crippen molar-refractivity contribution in [2.45, 2.75) is 24.4 Å². The normalized spacial score (nSPS) is 21.6. The van der Waals surface area contributed by atoms with Crippen molar-refractivity contribution in [3.8, 4) is 11.5 Å². The molecule has 5 nitrogen and oxygen atoms in total. The van der Waals surface area contributed by atoms with E-state index in [1.54, 1.807) is 0 Å². The van der Waals surface area contributed by atoms with Crippen LogP contribution in [0.4, 0.5) is 0 Å². The Morgan fingerprint density at radius 1 is 1.20 bits per heavy atom. The third-order valence-corrected chi connectivity index (χ3v) is 5.44. The van der Waals surface area contributed by atoms with Crippen LogP contribution in [0.25, 0.3) is 0 Å². The molecule has 2 aromatic carbocycles. The molecule has 3 atom stereocenters. The molecule has 0 amide bonds. The first-order valence-corrected chi connectivity index (χ1v) is 8.73. The second-order valence-corrected chi connectivity index (χ2v) is 6.82. The highest BCUT2D eigenvalue weighted by Gasteiger charge is 2.37. The summed E-state index contributed by atoms with van der Waals surface area (Å²) in [4.78, 5) is 2.28. The lowest BCUT2D eigenvalue weighted by Gasteiger charge is -2.41. The van der Waals surface area contributed by atoms with E-state index in [-0.39, 0.29) is 31.4 Å². The predicted octanol–water partition coefficient (Wildman–Crippen LogP) is 2.05. The maximum absolute atomic E-state index is 10.0. The Bertz CT molecular complexity index is 750. The quantitative estimate of drug-likeness (QED) is 0.892. The fourth-order valence-corrected chi connectivity index (χ4v) is 4.12. The van der Waals surface area contributed by atoms with E-state index in [1.165, 1.54) is 11.1 Å². The van der Waals surface area contributed by atoms with Gasteiger partial charge >= 0.3 is 0 Å². The highest BCUT2D eigenvalue weighted by molar-refractivity contribution is 5.54. The Morgan fingerprint density at radius 2 is 2.00 bits per heavy atom. The van der Waals surface area contributed by atoms with E-state index >= 15 is 0 Å². The molecule has 2 heterocycles. The number of benzene rings is 2. The molecule has 0 saturated heterocycles. The number of aliphatic hydroxyl groups is 1. The van der Waals surface area contributed by atoms with Gasteiger partial charge in [0.15, 0.2) is 11.5 Å². The summed E-state index contributed by atoms with van der Waals surface area (Å²) in [6, 6.07) is 13.9. The van der Waals surface area contributed by atoms with Crippen molar-refractivity contribution < 1.29 is 14.6 Å². The molecule has 3 N–H and O–H groups in total. The Labute approximate surface area is 148 Å². The van der Waals surface area contributed by atoms with Crippen molar-refractivity contribution in [2.75, 3.05) is 27.0 Å². The first-order valence-electron chi connectivity index (χ1n) is 8.73. The van der Waals surface area contributed by atoms with Gasteiger partial charge in [-0.25, -0.2) is 0 Å². The third kappa shape index (κ3) is 2.78. The number of nitrogens with zero attached hydrogens (tertiary/aromatic N) is 1. The molecule has 0 radical (unpaired) electrons. The molecular formula is C20H24N2O3. The summed E-state index contributed by atoms with van der Waals surface area (Å²) in [5, 5.41) is 10.0. The van der Waals surface area contributed by atoms with Crippen LogP contribution >= 0.6 is 0 Å². The van der Waals surface area contributed by atoms with E-state index in [0.29, 0.717) is 0 Å². The first-order chi connectivity index (χ1) is 12.2. The zero-order valence-electron chi connectivity index (χ0n) is 14.4. The lowest BCUT2D eigenvalue weighted by Crippen LogP contribution is -2.46. The number of aliphatic hydroxyl groups excluding tert-OH is 1. The summed E-state index contributed by atoms with van der Waals surface area (Å²) in [7, 11) is 2.09. The largest absolute Gasteiger partial charge is 0.454 e. The molecule has 0 aliphatic carbocycles. The van der Waals surface area contributed by atoms with Crippen molar-refractivity contribution in [2.24, 2.45) is 5.73 Å². The van der Waals surface area contributed by atoms with Crippen molar-refractivity contribution in [1.29, 1.82) is 0 Å². The molecule has 2 unspecified atom stereocenters. The van der Waals surface area contributed by atoms with Gasteiger partial charge in [0.1, 0.15) is 0 Å². The number of ether oxygens (including phenoxy) is 2. The van der Waals surface area contributed by atoms with Gasteiger partial charge in [-0.05, 0) is 30.7 Å². The lowest BCUT2D eigenvalue weighted by atomic mass is 9.81. The van der Waals surface area contributed by atoms with Gasteiger partial charge in [0, 0.05) is 24.1 Å². The van der Waals surface area contributed by atoms with E-state index in [4.69, 9.17) is 15.2 Å². The Kier molecular flexibility index (Phi) is 4.37. The Balaban J connectivity index is 1.72. The first kappa shape index (κ1) is 16.4. The third-order valence-electron chi connectivity index (χ3n) is 5.44. The van der Waals surface area contributed by atoms with Crippen LogP contribution in [-0.4, -0.2) is 43.0 Å². The van der Waals surface area contributed by atoms with Crippen LogP contribution in [0.5, 0.6) is 11.5 Å². The number of rotatable bonds is 4. The van der Waals surface area contributed by atoms with E-state index < -0.39 is 0 Å². The average Bonchev–Trinajstić information content (AvgIpc) is 3.12. The smallest absolute Gasteiger partial charge is 0.231 e. The maximum atomic E-state index is 10.0. The average molecular weight is 340 g/mol. The van der Waals surface area contributed by atoms with Crippen molar-refractivity contribution in [1.82, 2.24) is 4.90 Å². The van der Waals surface area contributed by atoms with Crippen LogP contribution in [0.2, 0.25) is 0 Å². The van der Waals surface area contributed by atoms with Crippen LogP contribution in [0.1, 0.15) is 28.7 Å². The SMILES string of the molecule is CN1CCc2c(ccc3c2OCO3)C1[C@@H](N)C(CO)c1ccccc1. The van der Waals surface area contributed by atoms with E-state index in [9.17, 15) is 5.11 Å². The van der Waals surface area contributed by atoms with E-state index in [2.05, 4.69) is 18.0 Å². The highest BCUT2D eigenvalue weighted by atomic mass is 16.7. The second-order valence-electron chi connectivity index (χ2n) is 6.82. The summed E-state index contributed by atoms with van der Waals surface area (Å²) in [5.74, 6) is 1.56. The molecule has 2 aromatic rings. The molecule has 0 bridgehead atoms. The van der Waals surface area contributed by atoms with Gasteiger partial charge in [-0.2, -0.15) is 0 Å². The molecule has 0 saturated carbocycles. The van der Waals surface area contributed by atoms with Gasteiger partial charge < -0.3 is 20.3 Å². The molecule has 132 valence electrons. The predicted molar refractivity (Wildman–Crippen MR) is 95.9 cm³/mol. The van der Waals surface area contributed by atoms with Gasteiger partial charge in [-0.1, -0.05) is 36.4 Å². The Morgan fingerprint density at radius 3 is 2.76 bits per heavy atom. The summed E-state index contributed by atoms with van der Waals surface area (Å²) < 4.78 is 11.2. The summed E-state index contributed by atoms with van der Waals surface area (Å²) >= 11 is 0. The van der Waals surface area contributed by atoms with Crippen molar-refractivity contribution in [3.63, 3.8) is 0 Å². The van der Waals surface area contributed by atoms with Crippen LogP contribution < -0.4 is 15.2 Å². The molecule has 0 fully saturated rings. The van der Waals surface area contributed by atoms with Crippen molar-refractivity contribution in [3.05, 3.63) is 59.2 Å². The zero-order valence-corrected chi connectivity index (χ0v) is 14.4. The molecule has 2 aliphatic rings. The van der Waals surface area contributed by atoms with Crippen LogP contribution in [0.3, 0.4) is 0 Å². The minimum Gasteiger partial charge on any atom is -0.454 e. The number of hydrogen-bond acceptors (Lipinski definition) is 5. The van der Waals surface area contributed by atoms with Crippen molar-refractivity contribution >= 4 is 0 Å². The number of fused-ring (bicyclic) bond motifs is 3. The van der Waals surface area contributed by atoms with E-state index in [0.717, 1.165) is 30.0 Å².